The summed E-state index contributed by atoms with van der Waals surface area (Å²) < 4.78 is 65.5. The number of methoxy groups -OCH3 is 1. The van der Waals surface area contributed by atoms with Gasteiger partial charge in [0.25, 0.3) is 0 Å². The fourth-order valence-electron chi connectivity index (χ4n) is 3.86. The van der Waals surface area contributed by atoms with Gasteiger partial charge in [-0.25, -0.2) is 16.8 Å². The number of sulfonamides is 2. The highest BCUT2D eigenvalue weighted by molar-refractivity contribution is 7.90. The normalized spacial score (nSPS) is 19.1. The largest absolute Gasteiger partial charge is 0.497 e. The van der Waals surface area contributed by atoms with E-state index in [1.807, 2.05) is 24.3 Å². The lowest BCUT2D eigenvalue weighted by molar-refractivity contribution is 0.0730. The number of rotatable bonds is 6. The van der Waals surface area contributed by atoms with Crippen LogP contribution in [0.5, 0.6) is 5.75 Å². The minimum absolute atomic E-state index is 0.00951. The van der Waals surface area contributed by atoms with Gasteiger partial charge in [-0.1, -0.05) is 6.07 Å². The number of hydrogen-bond acceptors (Lipinski definition) is 7. The molecule has 0 spiro atoms. The van der Waals surface area contributed by atoms with Crippen LogP contribution in [-0.4, -0.2) is 85.0 Å². The Morgan fingerprint density at radius 2 is 1.28 bits per heavy atom. The molecule has 0 atom stereocenters. The Labute approximate surface area is 189 Å². The van der Waals surface area contributed by atoms with Gasteiger partial charge < -0.3 is 14.4 Å². The summed E-state index contributed by atoms with van der Waals surface area (Å²) in [6, 6.07) is 13.3. The molecular weight excluding hydrogens is 454 g/mol. The van der Waals surface area contributed by atoms with Crippen molar-refractivity contribution in [1.82, 2.24) is 8.61 Å². The van der Waals surface area contributed by atoms with Crippen LogP contribution >= 0.6 is 0 Å². The first-order valence-electron chi connectivity index (χ1n) is 10.4. The van der Waals surface area contributed by atoms with Crippen molar-refractivity contribution in [1.29, 1.82) is 0 Å². The molecule has 2 heterocycles. The van der Waals surface area contributed by atoms with Crippen molar-refractivity contribution in [3.8, 4) is 5.75 Å². The Hall–Kier alpha value is -2.18. The fraction of sp³-hybridized carbons (Fsp3) is 0.429. The molecule has 0 radical (unpaired) electrons. The minimum Gasteiger partial charge on any atom is -0.497 e. The van der Waals surface area contributed by atoms with Gasteiger partial charge in [0.1, 0.15) is 5.75 Å². The fourth-order valence-corrected chi connectivity index (χ4v) is 6.86. The molecule has 2 aliphatic heterocycles. The van der Waals surface area contributed by atoms with E-state index >= 15 is 0 Å². The third-order valence-corrected chi connectivity index (χ3v) is 9.52. The van der Waals surface area contributed by atoms with E-state index in [-0.39, 0.29) is 22.9 Å². The molecule has 0 saturated carbocycles. The van der Waals surface area contributed by atoms with Gasteiger partial charge in [-0.2, -0.15) is 8.61 Å². The van der Waals surface area contributed by atoms with Crippen molar-refractivity contribution in [2.75, 3.05) is 64.5 Å². The zero-order valence-electron chi connectivity index (χ0n) is 17.9. The van der Waals surface area contributed by atoms with Crippen molar-refractivity contribution < 1.29 is 26.3 Å². The molecule has 11 heteroatoms. The molecule has 2 aromatic rings. The molecule has 0 N–H and O–H groups in total. The molecule has 2 aliphatic rings. The van der Waals surface area contributed by atoms with E-state index in [0.29, 0.717) is 39.4 Å². The smallest absolute Gasteiger partial charge is 0.243 e. The van der Waals surface area contributed by atoms with E-state index in [4.69, 9.17) is 9.47 Å². The van der Waals surface area contributed by atoms with Crippen LogP contribution in [0.15, 0.2) is 58.3 Å². The number of anilines is 1. The van der Waals surface area contributed by atoms with Crippen molar-refractivity contribution in [3.05, 3.63) is 48.5 Å². The van der Waals surface area contributed by atoms with Crippen LogP contribution in [0.3, 0.4) is 0 Å². The third kappa shape index (κ3) is 4.62. The lowest BCUT2D eigenvalue weighted by atomic mass is 10.2. The highest BCUT2D eigenvalue weighted by Crippen LogP contribution is 2.25. The maximum Gasteiger partial charge on any atom is 0.243 e. The standard InChI is InChI=1S/C21H27N3O6S2/c1-29-19-7-5-18(6-8-19)22-9-11-23(12-10-22)31(25,26)20-3-2-4-21(17-20)32(27,28)24-13-15-30-16-14-24/h2-8,17H,9-16H2,1H3. The average Bonchev–Trinajstić information content (AvgIpc) is 2.85. The zero-order chi connectivity index (χ0) is 22.8. The summed E-state index contributed by atoms with van der Waals surface area (Å²) in [6.45, 7) is 2.88. The Bertz CT molecular complexity index is 1140. The van der Waals surface area contributed by atoms with Gasteiger partial charge in [0, 0.05) is 45.0 Å². The molecular formula is C21H27N3O6S2. The van der Waals surface area contributed by atoms with E-state index in [1.165, 1.54) is 32.9 Å². The highest BCUT2D eigenvalue weighted by Gasteiger charge is 2.31. The lowest BCUT2D eigenvalue weighted by Gasteiger charge is -2.35. The van der Waals surface area contributed by atoms with Crippen LogP contribution in [0.2, 0.25) is 0 Å². The molecule has 4 rings (SSSR count). The Balaban J connectivity index is 1.48. The maximum absolute atomic E-state index is 13.2. The molecule has 174 valence electrons. The molecule has 2 aromatic carbocycles. The first kappa shape index (κ1) is 23.0. The van der Waals surface area contributed by atoms with Gasteiger partial charge in [-0.05, 0) is 42.5 Å². The number of morpholine rings is 1. The van der Waals surface area contributed by atoms with E-state index in [1.54, 1.807) is 7.11 Å². The second kappa shape index (κ2) is 9.36. The van der Waals surface area contributed by atoms with Gasteiger partial charge >= 0.3 is 0 Å². The van der Waals surface area contributed by atoms with E-state index in [2.05, 4.69) is 4.90 Å². The van der Waals surface area contributed by atoms with Crippen molar-refractivity contribution in [2.45, 2.75) is 9.79 Å². The van der Waals surface area contributed by atoms with E-state index in [9.17, 15) is 16.8 Å². The van der Waals surface area contributed by atoms with Crippen LogP contribution < -0.4 is 9.64 Å². The van der Waals surface area contributed by atoms with Gasteiger partial charge in [0.15, 0.2) is 0 Å². The topological polar surface area (TPSA) is 96.5 Å². The molecule has 0 bridgehead atoms. The van der Waals surface area contributed by atoms with Crippen molar-refractivity contribution in [2.24, 2.45) is 0 Å². The van der Waals surface area contributed by atoms with Gasteiger partial charge in [-0.3, -0.25) is 0 Å². The number of nitrogens with zero attached hydrogens (tertiary/aromatic N) is 3. The predicted molar refractivity (Wildman–Crippen MR) is 120 cm³/mol. The van der Waals surface area contributed by atoms with Crippen LogP contribution in [0.25, 0.3) is 0 Å². The summed E-state index contributed by atoms with van der Waals surface area (Å²) in [7, 11) is -5.98. The molecule has 0 aromatic heterocycles. The summed E-state index contributed by atoms with van der Waals surface area (Å²) in [5.41, 5.74) is 1.00. The SMILES string of the molecule is COc1ccc(N2CCN(S(=O)(=O)c3cccc(S(=O)(=O)N4CCOCC4)c3)CC2)cc1. The summed E-state index contributed by atoms with van der Waals surface area (Å²) in [4.78, 5) is 2.09. The zero-order valence-corrected chi connectivity index (χ0v) is 19.5. The maximum atomic E-state index is 13.2. The van der Waals surface area contributed by atoms with Crippen molar-refractivity contribution in [3.63, 3.8) is 0 Å². The predicted octanol–water partition coefficient (Wildman–Crippen LogP) is 1.23. The van der Waals surface area contributed by atoms with E-state index < -0.39 is 20.0 Å². The summed E-state index contributed by atoms with van der Waals surface area (Å²) >= 11 is 0. The second-order valence-electron chi connectivity index (χ2n) is 7.58. The second-order valence-corrected chi connectivity index (χ2v) is 11.5. The van der Waals surface area contributed by atoms with E-state index in [0.717, 1.165) is 11.4 Å². The van der Waals surface area contributed by atoms with Crippen LogP contribution in [0.4, 0.5) is 5.69 Å². The molecule has 32 heavy (non-hydrogen) atoms. The number of benzene rings is 2. The average molecular weight is 482 g/mol. The lowest BCUT2D eigenvalue weighted by Crippen LogP contribution is -2.48. The van der Waals surface area contributed by atoms with Crippen molar-refractivity contribution >= 4 is 25.7 Å². The molecule has 0 unspecified atom stereocenters. The first-order valence-corrected chi connectivity index (χ1v) is 13.3. The van der Waals surface area contributed by atoms with Crippen LogP contribution in [0, 0.1) is 0 Å². The van der Waals surface area contributed by atoms with Gasteiger partial charge in [0.05, 0.1) is 30.1 Å². The minimum atomic E-state index is -3.81. The monoisotopic (exact) mass is 481 g/mol. The molecule has 2 fully saturated rings. The number of piperazine rings is 1. The Morgan fingerprint density at radius 3 is 1.81 bits per heavy atom. The summed E-state index contributed by atoms with van der Waals surface area (Å²) in [5.74, 6) is 0.766. The highest BCUT2D eigenvalue weighted by atomic mass is 32.2. The van der Waals surface area contributed by atoms with Gasteiger partial charge in [0.2, 0.25) is 20.0 Å². The number of hydrogen-bond donors (Lipinski definition) is 0. The molecule has 9 nitrogen and oxygen atoms in total. The Morgan fingerprint density at radius 1 is 0.750 bits per heavy atom. The van der Waals surface area contributed by atoms with Crippen LogP contribution in [0.1, 0.15) is 0 Å². The Kier molecular flexibility index (Phi) is 6.72. The van der Waals surface area contributed by atoms with Crippen LogP contribution in [-0.2, 0) is 24.8 Å². The first-order chi connectivity index (χ1) is 15.3. The molecule has 2 saturated heterocycles. The third-order valence-electron chi connectivity index (χ3n) is 5.73. The molecule has 0 amide bonds. The molecule has 0 aliphatic carbocycles. The van der Waals surface area contributed by atoms with Gasteiger partial charge in [-0.15, -0.1) is 0 Å². The summed E-state index contributed by atoms with van der Waals surface area (Å²) in [6.07, 6.45) is 0. The summed E-state index contributed by atoms with van der Waals surface area (Å²) in [5, 5.41) is 0. The number of ether oxygens (including phenoxy) is 2. The quantitative estimate of drug-likeness (QED) is 0.612.